The molecule has 0 bridgehead atoms. The Morgan fingerprint density at radius 3 is 2.52 bits per heavy atom. The first kappa shape index (κ1) is 19.3. The lowest BCUT2D eigenvalue weighted by molar-refractivity contribution is 0.365. The molecule has 3 aromatic rings. The number of hydrogen-bond donors (Lipinski definition) is 2. The SMILES string of the molecule is COc1cc(OC)n2nc(NS(=O)(=O)Nc3c(Cl)ccc(C)c3Cl)nc2n1. The minimum atomic E-state index is -4.14. The van der Waals surface area contributed by atoms with Gasteiger partial charge in [-0.3, -0.25) is 4.72 Å². The van der Waals surface area contributed by atoms with Gasteiger partial charge in [0.05, 0.1) is 36.0 Å². The van der Waals surface area contributed by atoms with Crippen molar-refractivity contribution in [2.45, 2.75) is 6.92 Å². The Bertz CT molecular complexity index is 1120. The van der Waals surface area contributed by atoms with Gasteiger partial charge >= 0.3 is 10.2 Å². The number of nitrogens with one attached hydrogen (secondary N) is 2. The first-order valence-electron chi connectivity index (χ1n) is 7.35. The third-order valence-corrected chi connectivity index (χ3v) is 5.15. The van der Waals surface area contributed by atoms with Crippen molar-refractivity contribution >= 4 is 50.8 Å². The minimum absolute atomic E-state index is 0.0481. The van der Waals surface area contributed by atoms with Crippen molar-refractivity contribution < 1.29 is 17.9 Å². The third-order valence-electron chi connectivity index (χ3n) is 3.42. The van der Waals surface area contributed by atoms with Crippen LogP contribution in [0.4, 0.5) is 11.6 Å². The molecule has 2 heterocycles. The summed E-state index contributed by atoms with van der Waals surface area (Å²) in [6.07, 6.45) is 0. The standard InChI is InChI=1S/C14H14Cl2N6O4S/c1-7-4-5-8(15)12(11(7)16)20-27(23,24)21-13-18-14-17-9(25-2)6-10(26-3)22(14)19-13/h4-6,20H,1-3H3,(H,19,21). The van der Waals surface area contributed by atoms with Gasteiger partial charge < -0.3 is 9.47 Å². The average Bonchev–Trinajstić information content (AvgIpc) is 3.02. The van der Waals surface area contributed by atoms with Gasteiger partial charge in [-0.25, -0.2) is 4.72 Å². The average molecular weight is 433 g/mol. The van der Waals surface area contributed by atoms with Crippen molar-refractivity contribution in [1.82, 2.24) is 19.6 Å². The van der Waals surface area contributed by atoms with Gasteiger partial charge in [0.15, 0.2) is 0 Å². The zero-order chi connectivity index (χ0) is 19.8. The van der Waals surface area contributed by atoms with E-state index in [4.69, 9.17) is 32.7 Å². The van der Waals surface area contributed by atoms with E-state index in [1.807, 2.05) is 0 Å². The number of hydrogen-bond acceptors (Lipinski definition) is 7. The molecule has 2 N–H and O–H groups in total. The third kappa shape index (κ3) is 3.94. The molecule has 10 nitrogen and oxygen atoms in total. The molecule has 144 valence electrons. The summed E-state index contributed by atoms with van der Waals surface area (Å²) < 4.78 is 40.7. The summed E-state index contributed by atoms with van der Waals surface area (Å²) in [4.78, 5) is 8.07. The molecule has 27 heavy (non-hydrogen) atoms. The summed E-state index contributed by atoms with van der Waals surface area (Å²) in [7, 11) is -1.29. The number of fused-ring (bicyclic) bond motifs is 1. The van der Waals surface area contributed by atoms with Crippen molar-refractivity contribution in [3.8, 4) is 11.8 Å². The van der Waals surface area contributed by atoms with E-state index in [2.05, 4.69) is 24.5 Å². The predicted molar refractivity (Wildman–Crippen MR) is 101 cm³/mol. The Kier molecular flexibility index (Phi) is 5.18. The maximum Gasteiger partial charge on any atom is 0.324 e. The second-order valence-electron chi connectivity index (χ2n) is 5.25. The van der Waals surface area contributed by atoms with E-state index >= 15 is 0 Å². The lowest BCUT2D eigenvalue weighted by Gasteiger charge is -2.12. The van der Waals surface area contributed by atoms with Crippen LogP contribution in [0.15, 0.2) is 18.2 Å². The molecule has 1 aromatic carbocycles. The Labute approximate surface area is 164 Å². The van der Waals surface area contributed by atoms with E-state index < -0.39 is 10.2 Å². The molecule has 0 fully saturated rings. The maximum absolute atomic E-state index is 12.4. The number of nitrogens with zero attached hydrogens (tertiary/aromatic N) is 4. The predicted octanol–water partition coefficient (Wildman–Crippen LogP) is 2.53. The minimum Gasteiger partial charge on any atom is -0.481 e. The molecular weight excluding hydrogens is 419 g/mol. The number of aryl methyl sites for hydroxylation is 1. The number of benzene rings is 1. The molecule has 0 atom stereocenters. The van der Waals surface area contributed by atoms with Crippen LogP contribution in [0.5, 0.6) is 11.8 Å². The zero-order valence-electron chi connectivity index (χ0n) is 14.3. The lowest BCUT2D eigenvalue weighted by atomic mass is 10.2. The molecule has 3 rings (SSSR count). The van der Waals surface area contributed by atoms with Crippen LogP contribution in [0.2, 0.25) is 10.0 Å². The van der Waals surface area contributed by atoms with E-state index in [0.717, 1.165) is 0 Å². The highest BCUT2D eigenvalue weighted by molar-refractivity contribution is 7.94. The van der Waals surface area contributed by atoms with E-state index in [0.29, 0.717) is 5.56 Å². The second kappa shape index (κ2) is 7.25. The maximum atomic E-state index is 12.4. The van der Waals surface area contributed by atoms with Gasteiger partial charge in [-0.1, -0.05) is 29.3 Å². The highest BCUT2D eigenvalue weighted by Crippen LogP contribution is 2.33. The molecule has 0 saturated carbocycles. The van der Waals surface area contributed by atoms with Gasteiger partial charge in [0.1, 0.15) is 0 Å². The lowest BCUT2D eigenvalue weighted by Crippen LogP contribution is -2.23. The van der Waals surface area contributed by atoms with Gasteiger partial charge in [-0.2, -0.15) is 22.9 Å². The van der Waals surface area contributed by atoms with E-state index in [1.165, 1.54) is 30.9 Å². The van der Waals surface area contributed by atoms with Crippen LogP contribution in [-0.4, -0.2) is 42.2 Å². The summed E-state index contributed by atoms with van der Waals surface area (Å²) in [6, 6.07) is 4.68. The van der Waals surface area contributed by atoms with Crippen molar-refractivity contribution in [1.29, 1.82) is 0 Å². The first-order chi connectivity index (χ1) is 12.7. The van der Waals surface area contributed by atoms with Crippen LogP contribution in [0.1, 0.15) is 5.56 Å². The number of anilines is 2. The van der Waals surface area contributed by atoms with Crippen LogP contribution in [0.25, 0.3) is 5.78 Å². The summed E-state index contributed by atoms with van der Waals surface area (Å²) >= 11 is 12.2. The summed E-state index contributed by atoms with van der Waals surface area (Å²) in [5, 5.41) is 4.34. The van der Waals surface area contributed by atoms with Crippen LogP contribution in [-0.2, 0) is 10.2 Å². The first-order valence-corrected chi connectivity index (χ1v) is 9.59. The fourth-order valence-corrected chi connectivity index (χ4v) is 3.58. The molecule has 0 aliphatic heterocycles. The normalized spacial score (nSPS) is 11.4. The molecule has 0 aliphatic rings. The van der Waals surface area contributed by atoms with Crippen molar-refractivity contribution in [3.05, 3.63) is 33.8 Å². The van der Waals surface area contributed by atoms with Crippen LogP contribution < -0.4 is 18.9 Å². The number of halogens is 2. The number of aromatic nitrogens is 4. The molecule has 13 heteroatoms. The Hall–Kier alpha value is -2.50. The fraction of sp³-hybridized carbons (Fsp3) is 0.214. The van der Waals surface area contributed by atoms with Gasteiger partial charge in [0.2, 0.25) is 11.8 Å². The monoisotopic (exact) mass is 432 g/mol. The highest BCUT2D eigenvalue weighted by atomic mass is 35.5. The topological polar surface area (TPSA) is 120 Å². The summed E-state index contributed by atoms with van der Waals surface area (Å²) in [6.45, 7) is 1.72. The van der Waals surface area contributed by atoms with Gasteiger partial charge in [0.25, 0.3) is 11.7 Å². The zero-order valence-corrected chi connectivity index (χ0v) is 16.6. The molecule has 0 aliphatic carbocycles. The molecular formula is C14H14Cl2N6O4S. The van der Waals surface area contributed by atoms with Gasteiger partial charge in [-0.05, 0) is 18.6 Å². The molecule has 0 amide bonds. The van der Waals surface area contributed by atoms with E-state index in [1.54, 1.807) is 13.0 Å². The van der Waals surface area contributed by atoms with E-state index in [-0.39, 0.29) is 39.2 Å². The Balaban J connectivity index is 1.93. The number of ether oxygens (including phenoxy) is 2. The molecule has 2 aromatic heterocycles. The molecule has 0 saturated heterocycles. The summed E-state index contributed by atoms with van der Waals surface area (Å²) in [5.74, 6) is 0.335. The molecule has 0 spiro atoms. The quantitative estimate of drug-likeness (QED) is 0.613. The van der Waals surface area contributed by atoms with Crippen molar-refractivity contribution in [2.75, 3.05) is 23.7 Å². The van der Waals surface area contributed by atoms with Crippen LogP contribution in [0.3, 0.4) is 0 Å². The van der Waals surface area contributed by atoms with Crippen LogP contribution in [0, 0.1) is 6.92 Å². The second-order valence-corrected chi connectivity index (χ2v) is 7.45. The highest BCUT2D eigenvalue weighted by Gasteiger charge is 2.20. The summed E-state index contributed by atoms with van der Waals surface area (Å²) in [5.41, 5.74) is 0.706. The van der Waals surface area contributed by atoms with Crippen LogP contribution >= 0.6 is 23.2 Å². The Morgan fingerprint density at radius 2 is 1.85 bits per heavy atom. The smallest absolute Gasteiger partial charge is 0.324 e. The fourth-order valence-electron chi connectivity index (χ4n) is 2.15. The largest absolute Gasteiger partial charge is 0.481 e. The van der Waals surface area contributed by atoms with Gasteiger partial charge in [-0.15, -0.1) is 5.10 Å². The van der Waals surface area contributed by atoms with Gasteiger partial charge in [0, 0.05) is 0 Å². The molecule has 0 radical (unpaired) electrons. The van der Waals surface area contributed by atoms with Crippen molar-refractivity contribution in [2.24, 2.45) is 0 Å². The van der Waals surface area contributed by atoms with Crippen molar-refractivity contribution in [3.63, 3.8) is 0 Å². The molecule has 0 unspecified atom stereocenters. The Morgan fingerprint density at radius 1 is 1.11 bits per heavy atom. The number of methoxy groups -OCH3 is 2. The number of rotatable bonds is 6. The van der Waals surface area contributed by atoms with E-state index in [9.17, 15) is 8.42 Å².